The molecule has 0 saturated carbocycles. The Balaban J connectivity index is 1.63. The molecule has 0 unspecified atom stereocenters. The predicted molar refractivity (Wildman–Crippen MR) is 98.4 cm³/mol. The molecule has 0 amide bonds. The summed E-state index contributed by atoms with van der Waals surface area (Å²) < 4.78 is 6.05. The highest BCUT2D eigenvalue weighted by molar-refractivity contribution is 5.38. The van der Waals surface area contributed by atoms with Gasteiger partial charge in [0, 0.05) is 26.2 Å². The maximum absolute atomic E-state index is 6.05. The Morgan fingerprint density at radius 3 is 2.35 bits per heavy atom. The van der Waals surface area contributed by atoms with Gasteiger partial charge < -0.3 is 14.5 Å². The lowest BCUT2D eigenvalue weighted by atomic mass is 9.86. The van der Waals surface area contributed by atoms with Crippen molar-refractivity contribution in [1.29, 1.82) is 0 Å². The number of piperazine rings is 1. The van der Waals surface area contributed by atoms with Crippen molar-refractivity contribution in [2.75, 3.05) is 46.4 Å². The standard InChI is InChI=1S/C20H34N2O/c1-20(2,3)18-10-6-7-11-19(18)23-17-9-5-8-12-22-15-13-21(4)14-16-22/h6-7,10-11H,5,8-9,12-17H2,1-4H3. The van der Waals surface area contributed by atoms with Gasteiger partial charge in [0.25, 0.3) is 0 Å². The second-order valence-corrected chi connectivity index (χ2v) is 7.80. The first-order valence-corrected chi connectivity index (χ1v) is 9.10. The molecule has 1 fully saturated rings. The van der Waals surface area contributed by atoms with Gasteiger partial charge in [0.2, 0.25) is 0 Å². The van der Waals surface area contributed by atoms with Crippen LogP contribution in [0.5, 0.6) is 5.75 Å². The number of unbranched alkanes of at least 4 members (excludes halogenated alkanes) is 2. The number of nitrogens with zero attached hydrogens (tertiary/aromatic N) is 2. The molecule has 130 valence electrons. The highest BCUT2D eigenvalue weighted by Crippen LogP contribution is 2.30. The first-order valence-electron chi connectivity index (χ1n) is 9.10. The van der Waals surface area contributed by atoms with Crippen LogP contribution >= 0.6 is 0 Å². The minimum atomic E-state index is 0.137. The highest BCUT2D eigenvalue weighted by Gasteiger charge is 2.18. The molecule has 3 nitrogen and oxygen atoms in total. The zero-order valence-corrected chi connectivity index (χ0v) is 15.5. The fourth-order valence-electron chi connectivity index (χ4n) is 3.08. The van der Waals surface area contributed by atoms with Crippen LogP contribution in [0.15, 0.2) is 24.3 Å². The van der Waals surface area contributed by atoms with Crippen molar-refractivity contribution in [2.24, 2.45) is 0 Å². The number of rotatable bonds is 7. The van der Waals surface area contributed by atoms with Gasteiger partial charge >= 0.3 is 0 Å². The summed E-state index contributed by atoms with van der Waals surface area (Å²) in [5.74, 6) is 1.05. The van der Waals surface area contributed by atoms with Gasteiger partial charge in [-0.2, -0.15) is 0 Å². The molecule has 3 heteroatoms. The summed E-state index contributed by atoms with van der Waals surface area (Å²) in [6, 6.07) is 8.45. The Labute approximate surface area is 142 Å². The Hall–Kier alpha value is -1.06. The molecule has 1 aromatic carbocycles. The fourth-order valence-corrected chi connectivity index (χ4v) is 3.08. The zero-order valence-electron chi connectivity index (χ0n) is 15.5. The molecule has 0 spiro atoms. The van der Waals surface area contributed by atoms with Gasteiger partial charge in [0.1, 0.15) is 5.75 Å². The molecule has 0 atom stereocenters. The summed E-state index contributed by atoms with van der Waals surface area (Å²) >= 11 is 0. The first-order chi connectivity index (χ1) is 11.0. The average molecular weight is 319 g/mol. The second kappa shape index (κ2) is 8.70. The molecule has 23 heavy (non-hydrogen) atoms. The van der Waals surface area contributed by atoms with Crippen LogP contribution in [0.4, 0.5) is 0 Å². The van der Waals surface area contributed by atoms with Crippen molar-refractivity contribution in [3.05, 3.63) is 29.8 Å². The molecule has 1 heterocycles. The van der Waals surface area contributed by atoms with Gasteiger partial charge in [-0.15, -0.1) is 0 Å². The van der Waals surface area contributed by atoms with E-state index in [1.54, 1.807) is 0 Å². The van der Waals surface area contributed by atoms with Crippen LogP contribution in [0, 0.1) is 0 Å². The summed E-state index contributed by atoms with van der Waals surface area (Å²) in [5.41, 5.74) is 1.44. The van der Waals surface area contributed by atoms with E-state index in [4.69, 9.17) is 4.74 Å². The van der Waals surface area contributed by atoms with Crippen LogP contribution in [0.25, 0.3) is 0 Å². The van der Waals surface area contributed by atoms with Gasteiger partial charge in [-0.25, -0.2) is 0 Å². The van der Waals surface area contributed by atoms with E-state index < -0.39 is 0 Å². The normalized spacial score (nSPS) is 17.4. The number of para-hydroxylation sites is 1. The third-order valence-electron chi connectivity index (χ3n) is 4.67. The Morgan fingerprint density at radius 1 is 0.957 bits per heavy atom. The van der Waals surface area contributed by atoms with Gasteiger partial charge in [-0.05, 0) is 49.9 Å². The molecule has 0 aromatic heterocycles. The van der Waals surface area contributed by atoms with E-state index in [0.29, 0.717) is 0 Å². The monoisotopic (exact) mass is 318 g/mol. The number of likely N-dealkylation sites (N-methyl/N-ethyl adjacent to an activating group) is 1. The zero-order chi connectivity index (χ0) is 16.7. The summed E-state index contributed by atoms with van der Waals surface area (Å²) in [4.78, 5) is 5.01. The van der Waals surface area contributed by atoms with Gasteiger partial charge in [-0.1, -0.05) is 39.0 Å². The van der Waals surface area contributed by atoms with Crippen molar-refractivity contribution in [3.63, 3.8) is 0 Å². The molecule has 1 aromatic rings. The third-order valence-corrected chi connectivity index (χ3v) is 4.67. The van der Waals surface area contributed by atoms with Crippen molar-refractivity contribution in [2.45, 2.75) is 45.4 Å². The molecule has 1 aliphatic heterocycles. The molecule has 0 bridgehead atoms. The Morgan fingerprint density at radius 2 is 1.65 bits per heavy atom. The van der Waals surface area contributed by atoms with E-state index in [9.17, 15) is 0 Å². The molecular formula is C20H34N2O. The Kier molecular flexibility index (Phi) is 6.91. The SMILES string of the molecule is CN1CCN(CCCCCOc2ccccc2C(C)(C)C)CC1. The largest absolute Gasteiger partial charge is 0.493 e. The van der Waals surface area contributed by atoms with Crippen LogP contribution in [-0.2, 0) is 5.41 Å². The van der Waals surface area contributed by atoms with Crippen molar-refractivity contribution < 1.29 is 4.74 Å². The van der Waals surface area contributed by atoms with Crippen molar-refractivity contribution in [3.8, 4) is 5.75 Å². The van der Waals surface area contributed by atoms with Gasteiger partial charge in [0.05, 0.1) is 6.61 Å². The van der Waals surface area contributed by atoms with Crippen molar-refractivity contribution in [1.82, 2.24) is 9.80 Å². The quantitative estimate of drug-likeness (QED) is 0.712. The smallest absolute Gasteiger partial charge is 0.123 e. The minimum absolute atomic E-state index is 0.137. The third kappa shape index (κ3) is 6.15. The lowest BCUT2D eigenvalue weighted by molar-refractivity contribution is 0.151. The number of ether oxygens (including phenoxy) is 1. The fraction of sp³-hybridized carbons (Fsp3) is 0.700. The van der Waals surface area contributed by atoms with E-state index in [1.807, 2.05) is 0 Å². The van der Waals surface area contributed by atoms with E-state index in [-0.39, 0.29) is 5.41 Å². The van der Waals surface area contributed by atoms with E-state index in [0.717, 1.165) is 18.8 Å². The molecule has 0 radical (unpaired) electrons. The van der Waals surface area contributed by atoms with E-state index in [2.05, 4.69) is 61.9 Å². The van der Waals surface area contributed by atoms with E-state index in [1.165, 1.54) is 51.1 Å². The molecule has 1 aliphatic rings. The number of hydrogen-bond donors (Lipinski definition) is 0. The van der Waals surface area contributed by atoms with Crippen LogP contribution in [0.2, 0.25) is 0 Å². The molecule has 1 saturated heterocycles. The van der Waals surface area contributed by atoms with Crippen LogP contribution in [0.1, 0.15) is 45.6 Å². The van der Waals surface area contributed by atoms with E-state index >= 15 is 0 Å². The predicted octanol–water partition coefficient (Wildman–Crippen LogP) is 3.78. The van der Waals surface area contributed by atoms with Crippen LogP contribution < -0.4 is 4.74 Å². The maximum Gasteiger partial charge on any atom is 0.123 e. The lowest BCUT2D eigenvalue weighted by Gasteiger charge is -2.32. The molecule has 0 N–H and O–H groups in total. The molecule has 2 rings (SSSR count). The average Bonchev–Trinajstić information content (AvgIpc) is 2.52. The highest BCUT2D eigenvalue weighted by atomic mass is 16.5. The number of hydrogen-bond acceptors (Lipinski definition) is 3. The maximum atomic E-state index is 6.05. The summed E-state index contributed by atoms with van der Waals surface area (Å²) in [6.45, 7) is 13.7. The van der Waals surface area contributed by atoms with Gasteiger partial charge in [-0.3, -0.25) is 0 Å². The summed E-state index contributed by atoms with van der Waals surface area (Å²) in [6.07, 6.45) is 3.68. The first kappa shape index (κ1) is 18.3. The number of benzene rings is 1. The topological polar surface area (TPSA) is 15.7 Å². The van der Waals surface area contributed by atoms with Crippen molar-refractivity contribution >= 4 is 0 Å². The lowest BCUT2D eigenvalue weighted by Crippen LogP contribution is -2.44. The Bertz CT molecular complexity index is 459. The summed E-state index contributed by atoms with van der Waals surface area (Å²) in [7, 11) is 2.21. The second-order valence-electron chi connectivity index (χ2n) is 7.80. The summed E-state index contributed by atoms with van der Waals surface area (Å²) in [5, 5.41) is 0. The molecular weight excluding hydrogens is 284 g/mol. The molecule has 0 aliphatic carbocycles. The van der Waals surface area contributed by atoms with Crippen LogP contribution in [0.3, 0.4) is 0 Å². The van der Waals surface area contributed by atoms with Gasteiger partial charge in [0.15, 0.2) is 0 Å². The van der Waals surface area contributed by atoms with Crippen LogP contribution in [-0.4, -0.2) is 56.2 Å². The minimum Gasteiger partial charge on any atom is -0.493 e.